The first-order valence-corrected chi connectivity index (χ1v) is 5.68. The van der Waals surface area contributed by atoms with Crippen molar-refractivity contribution in [3.8, 4) is 5.75 Å². The SMILES string of the molecule is O=C(Oc1cc([N+](=O)[O-])cc([N+](=O)[O-])c1)c1ccccc1. The van der Waals surface area contributed by atoms with Gasteiger partial charge in [-0.3, -0.25) is 20.2 Å². The number of nitrogens with zero attached hydrogens (tertiary/aromatic N) is 2. The summed E-state index contributed by atoms with van der Waals surface area (Å²) < 4.78 is 4.93. The maximum absolute atomic E-state index is 11.8. The number of nitro benzene ring substituents is 2. The van der Waals surface area contributed by atoms with Gasteiger partial charge < -0.3 is 4.74 Å². The Balaban J connectivity index is 2.33. The average Bonchev–Trinajstić information content (AvgIpc) is 2.47. The first-order valence-electron chi connectivity index (χ1n) is 5.68. The monoisotopic (exact) mass is 288 g/mol. The highest BCUT2D eigenvalue weighted by molar-refractivity contribution is 5.91. The number of nitro groups is 2. The molecule has 2 aromatic carbocycles. The summed E-state index contributed by atoms with van der Waals surface area (Å²) in [6.45, 7) is 0. The number of non-ortho nitro benzene ring substituents is 2. The third-order valence-electron chi connectivity index (χ3n) is 2.52. The molecule has 0 heterocycles. The van der Waals surface area contributed by atoms with E-state index in [0.29, 0.717) is 0 Å². The van der Waals surface area contributed by atoms with E-state index in [2.05, 4.69) is 0 Å². The lowest BCUT2D eigenvalue weighted by Crippen LogP contribution is -2.08. The molecule has 0 saturated carbocycles. The molecule has 8 heteroatoms. The highest BCUT2D eigenvalue weighted by Gasteiger charge is 2.19. The van der Waals surface area contributed by atoms with E-state index in [-0.39, 0.29) is 11.3 Å². The highest BCUT2D eigenvalue weighted by atomic mass is 16.6. The van der Waals surface area contributed by atoms with Crippen LogP contribution in [0, 0.1) is 20.2 Å². The molecule has 0 amide bonds. The predicted octanol–water partition coefficient (Wildman–Crippen LogP) is 2.72. The molecular weight excluding hydrogens is 280 g/mol. The highest BCUT2D eigenvalue weighted by Crippen LogP contribution is 2.27. The van der Waals surface area contributed by atoms with Crippen LogP contribution in [0.3, 0.4) is 0 Å². The van der Waals surface area contributed by atoms with Crippen molar-refractivity contribution in [1.29, 1.82) is 0 Å². The van der Waals surface area contributed by atoms with Crippen molar-refractivity contribution in [3.05, 3.63) is 74.3 Å². The smallest absolute Gasteiger partial charge is 0.343 e. The maximum Gasteiger partial charge on any atom is 0.343 e. The van der Waals surface area contributed by atoms with E-state index in [0.717, 1.165) is 18.2 Å². The van der Waals surface area contributed by atoms with Crippen molar-refractivity contribution in [1.82, 2.24) is 0 Å². The minimum Gasteiger partial charge on any atom is -0.422 e. The molecule has 0 fully saturated rings. The number of carbonyl (C=O) groups is 1. The van der Waals surface area contributed by atoms with Crippen LogP contribution in [0.1, 0.15) is 10.4 Å². The summed E-state index contributed by atoms with van der Waals surface area (Å²) >= 11 is 0. The normalized spacial score (nSPS) is 9.90. The molecule has 0 bridgehead atoms. The molecule has 0 aromatic heterocycles. The molecule has 106 valence electrons. The summed E-state index contributed by atoms with van der Waals surface area (Å²) in [4.78, 5) is 31.7. The van der Waals surface area contributed by atoms with Gasteiger partial charge in [-0.15, -0.1) is 0 Å². The van der Waals surface area contributed by atoms with Gasteiger partial charge in [-0.2, -0.15) is 0 Å². The number of hydrogen-bond acceptors (Lipinski definition) is 6. The molecule has 0 N–H and O–H groups in total. The van der Waals surface area contributed by atoms with Crippen LogP contribution < -0.4 is 4.74 Å². The van der Waals surface area contributed by atoms with E-state index < -0.39 is 27.2 Å². The van der Waals surface area contributed by atoms with Crippen molar-refractivity contribution in [3.63, 3.8) is 0 Å². The summed E-state index contributed by atoms with van der Waals surface area (Å²) in [6.07, 6.45) is 0. The fourth-order valence-corrected chi connectivity index (χ4v) is 1.58. The van der Waals surface area contributed by atoms with Gasteiger partial charge >= 0.3 is 5.97 Å². The molecular formula is C13H8N2O6. The number of hydrogen-bond donors (Lipinski definition) is 0. The van der Waals surface area contributed by atoms with Crippen LogP contribution in [0.4, 0.5) is 11.4 Å². The standard InChI is InChI=1S/C13H8N2O6/c16-13(9-4-2-1-3-5-9)21-12-7-10(14(17)18)6-11(8-12)15(19)20/h1-8H. The zero-order valence-electron chi connectivity index (χ0n) is 10.5. The zero-order chi connectivity index (χ0) is 15.4. The van der Waals surface area contributed by atoms with E-state index >= 15 is 0 Å². The second-order valence-corrected chi connectivity index (χ2v) is 3.95. The van der Waals surface area contributed by atoms with Crippen LogP contribution in [0.15, 0.2) is 48.5 Å². The molecule has 0 atom stereocenters. The Morgan fingerprint density at radius 1 is 0.905 bits per heavy atom. The van der Waals surface area contributed by atoms with Crippen LogP contribution >= 0.6 is 0 Å². The van der Waals surface area contributed by atoms with E-state index in [1.54, 1.807) is 18.2 Å². The van der Waals surface area contributed by atoms with Gasteiger partial charge in [0, 0.05) is 0 Å². The van der Waals surface area contributed by atoms with Crippen molar-refractivity contribution in [2.24, 2.45) is 0 Å². The van der Waals surface area contributed by atoms with E-state index in [4.69, 9.17) is 4.74 Å². The summed E-state index contributed by atoms with van der Waals surface area (Å²) in [5.74, 6) is -1.02. The van der Waals surface area contributed by atoms with Gasteiger partial charge in [0.25, 0.3) is 11.4 Å². The van der Waals surface area contributed by atoms with Crippen molar-refractivity contribution >= 4 is 17.3 Å². The number of benzene rings is 2. The Morgan fingerprint density at radius 3 is 1.90 bits per heavy atom. The molecule has 0 radical (unpaired) electrons. The first-order chi connectivity index (χ1) is 9.97. The molecule has 21 heavy (non-hydrogen) atoms. The molecule has 0 unspecified atom stereocenters. The summed E-state index contributed by atoms with van der Waals surface area (Å²) in [7, 11) is 0. The molecule has 0 aliphatic carbocycles. The molecule has 2 aromatic rings. The van der Waals surface area contributed by atoms with E-state index in [1.165, 1.54) is 12.1 Å². The Labute approximate surface area is 117 Å². The summed E-state index contributed by atoms with van der Waals surface area (Å²) in [5.41, 5.74) is -0.827. The molecule has 8 nitrogen and oxygen atoms in total. The second kappa shape index (κ2) is 5.78. The number of carbonyl (C=O) groups excluding carboxylic acids is 1. The Bertz CT molecular complexity index is 682. The van der Waals surface area contributed by atoms with Gasteiger partial charge in [0.15, 0.2) is 0 Å². The van der Waals surface area contributed by atoms with Crippen LogP contribution in [0.5, 0.6) is 5.75 Å². The van der Waals surface area contributed by atoms with Crippen molar-refractivity contribution in [2.75, 3.05) is 0 Å². The minimum atomic E-state index is -0.799. The Morgan fingerprint density at radius 2 is 1.43 bits per heavy atom. The van der Waals surface area contributed by atoms with Gasteiger partial charge in [0.1, 0.15) is 5.75 Å². The predicted molar refractivity (Wildman–Crippen MR) is 71.2 cm³/mol. The van der Waals surface area contributed by atoms with Gasteiger partial charge in [-0.05, 0) is 12.1 Å². The van der Waals surface area contributed by atoms with Crippen LogP contribution in [-0.4, -0.2) is 15.8 Å². The fraction of sp³-hybridized carbons (Fsp3) is 0. The topological polar surface area (TPSA) is 113 Å². The lowest BCUT2D eigenvalue weighted by Gasteiger charge is -2.04. The average molecular weight is 288 g/mol. The van der Waals surface area contributed by atoms with E-state index in [1.807, 2.05) is 0 Å². The van der Waals surface area contributed by atoms with Gasteiger partial charge in [0.05, 0.1) is 33.6 Å². The fourth-order valence-electron chi connectivity index (χ4n) is 1.58. The lowest BCUT2D eigenvalue weighted by atomic mass is 10.2. The quantitative estimate of drug-likeness (QED) is 0.370. The van der Waals surface area contributed by atoms with Crippen molar-refractivity contribution < 1.29 is 19.4 Å². The van der Waals surface area contributed by atoms with Crippen molar-refractivity contribution in [2.45, 2.75) is 0 Å². The number of esters is 1. The minimum absolute atomic E-state index is 0.228. The van der Waals surface area contributed by atoms with Crippen LogP contribution in [-0.2, 0) is 0 Å². The third-order valence-corrected chi connectivity index (χ3v) is 2.52. The Kier molecular flexibility index (Phi) is 3.89. The molecule has 0 aliphatic rings. The molecule has 2 rings (SSSR count). The first kappa shape index (κ1) is 14.1. The zero-order valence-corrected chi connectivity index (χ0v) is 10.5. The second-order valence-electron chi connectivity index (χ2n) is 3.95. The largest absolute Gasteiger partial charge is 0.422 e. The van der Waals surface area contributed by atoms with Crippen LogP contribution in [0.25, 0.3) is 0 Å². The van der Waals surface area contributed by atoms with Gasteiger partial charge in [0.2, 0.25) is 0 Å². The number of ether oxygens (including phenoxy) is 1. The molecule has 0 saturated heterocycles. The third kappa shape index (κ3) is 3.38. The van der Waals surface area contributed by atoms with E-state index in [9.17, 15) is 25.0 Å². The number of rotatable bonds is 4. The lowest BCUT2D eigenvalue weighted by molar-refractivity contribution is -0.394. The van der Waals surface area contributed by atoms with Gasteiger partial charge in [-0.1, -0.05) is 18.2 Å². The summed E-state index contributed by atoms with van der Waals surface area (Å²) in [6, 6.07) is 10.6. The maximum atomic E-state index is 11.8. The molecule has 0 spiro atoms. The van der Waals surface area contributed by atoms with Crippen LogP contribution in [0.2, 0.25) is 0 Å². The summed E-state index contributed by atoms with van der Waals surface area (Å²) in [5, 5.41) is 21.5. The molecule has 0 aliphatic heterocycles. The Hall–Kier alpha value is -3.29. The van der Waals surface area contributed by atoms with Gasteiger partial charge in [-0.25, -0.2) is 4.79 Å².